The van der Waals surface area contributed by atoms with Gasteiger partial charge in [0.05, 0.1) is 0 Å². The molecule has 208 valence electrons. The zero-order valence-electron chi connectivity index (χ0n) is 23.0. The summed E-state index contributed by atoms with van der Waals surface area (Å²) in [5.41, 5.74) is 4.72. The summed E-state index contributed by atoms with van der Waals surface area (Å²) in [7, 11) is 4.07. The number of amides is 3. The lowest BCUT2D eigenvalue weighted by Crippen LogP contribution is -2.55. The molecule has 3 N–H and O–H groups in total. The van der Waals surface area contributed by atoms with E-state index in [0.717, 1.165) is 46.2 Å². The van der Waals surface area contributed by atoms with E-state index < -0.39 is 12.1 Å². The van der Waals surface area contributed by atoms with Crippen molar-refractivity contribution in [2.45, 2.75) is 31.8 Å². The number of urea groups is 1. The highest BCUT2D eigenvalue weighted by Gasteiger charge is 2.37. The summed E-state index contributed by atoms with van der Waals surface area (Å²) in [6.07, 6.45) is 6.16. The monoisotopic (exact) mass is 558 g/mol. The molecule has 5 rings (SSSR count). The number of aromatic nitrogens is 2. The van der Waals surface area contributed by atoms with Gasteiger partial charge in [0.1, 0.15) is 6.04 Å². The third kappa shape index (κ3) is 6.13. The Labute approximate surface area is 239 Å². The average Bonchev–Trinajstić information content (AvgIpc) is 3.38. The van der Waals surface area contributed by atoms with Gasteiger partial charge in [0.15, 0.2) is 0 Å². The van der Waals surface area contributed by atoms with E-state index in [4.69, 9.17) is 11.6 Å². The van der Waals surface area contributed by atoms with E-state index in [-0.39, 0.29) is 17.7 Å². The molecule has 0 radical (unpaired) electrons. The maximum absolute atomic E-state index is 14.5. The third-order valence-corrected chi connectivity index (χ3v) is 7.75. The van der Waals surface area contributed by atoms with E-state index in [0.29, 0.717) is 18.1 Å². The predicted octanol–water partition coefficient (Wildman–Crippen LogP) is 4.95. The Morgan fingerprint density at radius 3 is 2.77 bits per heavy atom. The molecule has 2 unspecified atom stereocenters. The Hall–Kier alpha value is -3.88. The first-order valence-corrected chi connectivity index (χ1v) is 13.9. The number of nitrogens with one attached hydrogen (secondary N) is 3. The average molecular weight is 559 g/mol. The summed E-state index contributed by atoms with van der Waals surface area (Å²) < 4.78 is 0. The van der Waals surface area contributed by atoms with E-state index in [9.17, 15) is 9.59 Å². The summed E-state index contributed by atoms with van der Waals surface area (Å²) in [6.45, 7) is 3.68. The maximum Gasteiger partial charge on any atom is 0.315 e. The minimum atomic E-state index is -0.810. The fraction of sp³-hybridized carbons (Fsp3) is 0.323. The van der Waals surface area contributed by atoms with E-state index in [2.05, 4.69) is 25.5 Å². The molecule has 2 aromatic carbocycles. The van der Waals surface area contributed by atoms with Gasteiger partial charge in [-0.15, -0.1) is 0 Å². The number of hydrogen-bond acceptors (Lipinski definition) is 4. The Morgan fingerprint density at radius 2 is 2.00 bits per heavy atom. The number of carbonyl (C=O) groups is 2. The van der Waals surface area contributed by atoms with Crippen LogP contribution in [0.4, 0.5) is 10.5 Å². The largest absolute Gasteiger partial charge is 0.361 e. The third-order valence-electron chi connectivity index (χ3n) is 7.51. The quantitative estimate of drug-likeness (QED) is 0.285. The molecule has 0 fully saturated rings. The van der Waals surface area contributed by atoms with Crippen LogP contribution in [0.5, 0.6) is 0 Å². The lowest BCUT2D eigenvalue weighted by Gasteiger charge is -2.38. The van der Waals surface area contributed by atoms with Gasteiger partial charge in [-0.1, -0.05) is 42.8 Å². The number of benzene rings is 2. The molecule has 3 amide bonds. The second-order valence-electron chi connectivity index (χ2n) is 10.8. The van der Waals surface area contributed by atoms with Crippen LogP contribution in [0.15, 0.2) is 73.2 Å². The summed E-state index contributed by atoms with van der Waals surface area (Å²) >= 11 is 6.36. The Kier molecular flexibility index (Phi) is 8.38. The van der Waals surface area contributed by atoms with Crippen LogP contribution in [-0.4, -0.2) is 60.0 Å². The van der Waals surface area contributed by atoms with Gasteiger partial charge < -0.3 is 25.4 Å². The SMILES string of the molecule is CC(c1c[nH]c2ccccc12)C(NC(=O)NCc1cccnc1)C(=O)N1C[C@@H](CN(C)C)Cc2cc(Cl)ccc21. The molecule has 1 aliphatic heterocycles. The molecule has 9 heteroatoms. The number of halogens is 1. The van der Waals surface area contributed by atoms with Gasteiger partial charge in [0, 0.05) is 65.8 Å². The first-order chi connectivity index (χ1) is 19.3. The highest BCUT2D eigenvalue weighted by Crippen LogP contribution is 2.35. The first-order valence-electron chi connectivity index (χ1n) is 13.5. The Balaban J connectivity index is 1.47. The molecule has 1 aliphatic rings. The van der Waals surface area contributed by atoms with Crippen LogP contribution in [0.3, 0.4) is 0 Å². The molecule has 8 nitrogen and oxygen atoms in total. The van der Waals surface area contributed by atoms with E-state index in [1.54, 1.807) is 12.4 Å². The van der Waals surface area contributed by atoms with Crippen LogP contribution >= 0.6 is 11.6 Å². The van der Waals surface area contributed by atoms with Gasteiger partial charge in [-0.25, -0.2) is 4.79 Å². The van der Waals surface area contributed by atoms with Crippen molar-refractivity contribution < 1.29 is 9.59 Å². The highest BCUT2D eigenvalue weighted by molar-refractivity contribution is 6.30. The topological polar surface area (TPSA) is 93.4 Å². The van der Waals surface area contributed by atoms with Crippen LogP contribution in [0.1, 0.15) is 29.5 Å². The molecule has 3 atom stereocenters. The number of fused-ring (bicyclic) bond motifs is 2. The number of hydrogen-bond donors (Lipinski definition) is 3. The van der Waals surface area contributed by atoms with Gasteiger partial charge in [-0.05, 0) is 73.5 Å². The smallest absolute Gasteiger partial charge is 0.315 e. The van der Waals surface area contributed by atoms with Crippen molar-refractivity contribution in [1.29, 1.82) is 0 Å². The van der Waals surface area contributed by atoms with Crippen molar-refractivity contribution in [2.75, 3.05) is 32.1 Å². The van der Waals surface area contributed by atoms with Crippen molar-refractivity contribution in [3.63, 3.8) is 0 Å². The van der Waals surface area contributed by atoms with Crippen LogP contribution < -0.4 is 15.5 Å². The van der Waals surface area contributed by atoms with Crippen LogP contribution in [0, 0.1) is 5.92 Å². The van der Waals surface area contributed by atoms with Gasteiger partial charge in [-0.2, -0.15) is 0 Å². The number of carbonyl (C=O) groups excluding carboxylic acids is 2. The highest BCUT2D eigenvalue weighted by atomic mass is 35.5. The lowest BCUT2D eigenvalue weighted by atomic mass is 9.88. The number of para-hydroxylation sites is 1. The maximum atomic E-state index is 14.5. The second kappa shape index (κ2) is 12.1. The van der Waals surface area contributed by atoms with E-state index in [1.807, 2.05) is 86.7 Å². The standard InChI is InChI=1S/C31H35ClN6O2/c1-20(26-17-34-27-9-5-4-8-25(26)27)29(36-31(40)35-16-21-7-6-12-33-15-21)30(39)38-19-22(18-37(2)3)13-23-14-24(32)10-11-28(23)38/h4-12,14-15,17,20,22,29,34H,13,16,18-19H2,1-3H3,(H2,35,36,40)/t20?,22-,29?/m1/s1. The first kappa shape index (κ1) is 27.7. The molecule has 0 aliphatic carbocycles. The summed E-state index contributed by atoms with van der Waals surface area (Å²) in [6, 6.07) is 16.2. The molecule has 2 aromatic heterocycles. The molecule has 0 saturated carbocycles. The summed E-state index contributed by atoms with van der Waals surface area (Å²) in [5, 5.41) is 7.59. The Bertz CT molecular complexity index is 1490. The lowest BCUT2D eigenvalue weighted by molar-refractivity contribution is -0.121. The van der Waals surface area contributed by atoms with Crippen LogP contribution in [0.2, 0.25) is 5.02 Å². The molecule has 0 spiro atoms. The predicted molar refractivity (Wildman–Crippen MR) is 160 cm³/mol. The van der Waals surface area contributed by atoms with Crippen molar-refractivity contribution >= 4 is 40.1 Å². The number of H-pyrrole nitrogens is 1. The number of rotatable bonds is 8. The molecular formula is C31H35ClN6O2. The van der Waals surface area contributed by atoms with Crippen molar-refractivity contribution in [3.8, 4) is 0 Å². The minimum Gasteiger partial charge on any atom is -0.361 e. The normalized spacial score (nSPS) is 16.4. The van der Waals surface area contributed by atoms with Gasteiger partial charge in [-0.3, -0.25) is 9.78 Å². The van der Waals surface area contributed by atoms with E-state index in [1.165, 1.54) is 0 Å². The molecule has 40 heavy (non-hydrogen) atoms. The number of anilines is 1. The molecule has 3 heterocycles. The van der Waals surface area contributed by atoms with Crippen molar-refractivity contribution in [2.24, 2.45) is 5.92 Å². The molecule has 4 aromatic rings. The van der Waals surface area contributed by atoms with Gasteiger partial charge in [0.2, 0.25) is 5.91 Å². The number of aromatic amines is 1. The fourth-order valence-electron chi connectivity index (χ4n) is 5.66. The summed E-state index contributed by atoms with van der Waals surface area (Å²) in [5.74, 6) is -0.229. The van der Waals surface area contributed by atoms with Gasteiger partial charge in [0.25, 0.3) is 0 Å². The van der Waals surface area contributed by atoms with Gasteiger partial charge >= 0.3 is 6.03 Å². The molecule has 0 saturated heterocycles. The minimum absolute atomic E-state index is 0.152. The Morgan fingerprint density at radius 1 is 1.18 bits per heavy atom. The van der Waals surface area contributed by atoms with Crippen molar-refractivity contribution in [3.05, 3.63) is 94.9 Å². The number of nitrogens with zero attached hydrogens (tertiary/aromatic N) is 3. The summed E-state index contributed by atoms with van der Waals surface area (Å²) in [4.78, 5) is 39.1. The van der Waals surface area contributed by atoms with Crippen molar-refractivity contribution in [1.82, 2.24) is 25.5 Å². The number of pyridine rings is 1. The molecular weight excluding hydrogens is 524 g/mol. The fourth-order valence-corrected chi connectivity index (χ4v) is 5.85. The van der Waals surface area contributed by atoms with Crippen LogP contribution in [-0.2, 0) is 17.8 Å². The van der Waals surface area contributed by atoms with Crippen LogP contribution in [0.25, 0.3) is 10.9 Å². The zero-order valence-corrected chi connectivity index (χ0v) is 23.8. The van der Waals surface area contributed by atoms with E-state index >= 15 is 0 Å². The molecule has 0 bridgehead atoms. The zero-order chi connectivity index (χ0) is 28.2. The second-order valence-corrected chi connectivity index (χ2v) is 11.2.